The van der Waals surface area contributed by atoms with Crippen LogP contribution in [0.2, 0.25) is 0 Å². The Morgan fingerprint density at radius 1 is 1.28 bits per heavy atom. The molecule has 1 amide bonds. The van der Waals surface area contributed by atoms with Crippen LogP contribution in [0.4, 0.5) is 0 Å². The van der Waals surface area contributed by atoms with E-state index in [1.807, 2.05) is 30.3 Å². The van der Waals surface area contributed by atoms with Gasteiger partial charge in [-0.3, -0.25) is 4.79 Å². The molecule has 0 radical (unpaired) electrons. The van der Waals surface area contributed by atoms with Crippen molar-refractivity contribution in [1.82, 2.24) is 10.6 Å². The molecule has 1 fully saturated rings. The van der Waals surface area contributed by atoms with Gasteiger partial charge in [-0.05, 0) is 24.8 Å². The first kappa shape index (κ1) is 13.1. The minimum atomic E-state index is -0.299. The quantitative estimate of drug-likeness (QED) is 0.722. The van der Waals surface area contributed by atoms with E-state index < -0.39 is 0 Å². The molecular weight excluding hydrogens is 228 g/mol. The predicted molar refractivity (Wildman–Crippen MR) is 69.9 cm³/mol. The largest absolute Gasteiger partial charge is 0.392 e. The normalized spacial score (nSPS) is 22.9. The molecule has 1 aliphatic rings. The minimum Gasteiger partial charge on any atom is -0.392 e. The lowest BCUT2D eigenvalue weighted by molar-refractivity contribution is -0.120. The van der Waals surface area contributed by atoms with Gasteiger partial charge in [0.25, 0.3) is 0 Å². The highest BCUT2D eigenvalue weighted by Gasteiger charge is 2.24. The summed E-state index contributed by atoms with van der Waals surface area (Å²) in [5.74, 6) is -0.0297. The Bertz CT molecular complexity index is 381. The molecule has 2 rings (SSSR count). The van der Waals surface area contributed by atoms with Crippen LogP contribution in [0.5, 0.6) is 0 Å². The van der Waals surface area contributed by atoms with E-state index in [2.05, 4.69) is 10.6 Å². The molecule has 3 N–H and O–H groups in total. The van der Waals surface area contributed by atoms with Crippen molar-refractivity contribution in [3.8, 4) is 0 Å². The first-order chi connectivity index (χ1) is 8.75. The molecule has 0 saturated heterocycles. The number of hydrogen-bond acceptors (Lipinski definition) is 3. The first-order valence-corrected chi connectivity index (χ1v) is 6.48. The van der Waals surface area contributed by atoms with Gasteiger partial charge in [-0.25, -0.2) is 0 Å². The first-order valence-electron chi connectivity index (χ1n) is 6.48. The van der Waals surface area contributed by atoms with Crippen LogP contribution in [0, 0.1) is 0 Å². The van der Waals surface area contributed by atoms with Gasteiger partial charge in [0.15, 0.2) is 0 Å². The van der Waals surface area contributed by atoms with Crippen molar-refractivity contribution in [2.45, 2.75) is 38.0 Å². The van der Waals surface area contributed by atoms with Crippen LogP contribution in [-0.4, -0.2) is 29.7 Å². The summed E-state index contributed by atoms with van der Waals surface area (Å²) in [5.41, 5.74) is 1.09. The third-order valence-electron chi connectivity index (χ3n) is 3.34. The molecule has 1 aromatic carbocycles. The lowest BCUT2D eigenvalue weighted by Crippen LogP contribution is -2.42. The van der Waals surface area contributed by atoms with Gasteiger partial charge in [0.1, 0.15) is 0 Å². The Labute approximate surface area is 107 Å². The van der Waals surface area contributed by atoms with E-state index in [9.17, 15) is 9.90 Å². The lowest BCUT2D eigenvalue weighted by Gasteiger charge is -2.16. The highest BCUT2D eigenvalue weighted by molar-refractivity contribution is 5.78. The van der Waals surface area contributed by atoms with Gasteiger partial charge in [0.05, 0.1) is 12.6 Å². The van der Waals surface area contributed by atoms with Gasteiger partial charge in [0, 0.05) is 12.6 Å². The van der Waals surface area contributed by atoms with Crippen molar-refractivity contribution in [3.63, 3.8) is 0 Å². The molecule has 0 aromatic heterocycles. The van der Waals surface area contributed by atoms with Crippen LogP contribution in [0.3, 0.4) is 0 Å². The summed E-state index contributed by atoms with van der Waals surface area (Å²) in [6.07, 6.45) is 2.52. The zero-order chi connectivity index (χ0) is 12.8. The van der Waals surface area contributed by atoms with Crippen LogP contribution < -0.4 is 10.6 Å². The summed E-state index contributed by atoms with van der Waals surface area (Å²) in [7, 11) is 0. The molecule has 1 aromatic rings. The number of carbonyl (C=O) groups excluding carboxylic acids is 1. The molecule has 0 spiro atoms. The summed E-state index contributed by atoms with van der Waals surface area (Å²) in [4.78, 5) is 11.6. The molecule has 4 nitrogen and oxygen atoms in total. The second-order valence-corrected chi connectivity index (χ2v) is 4.75. The molecule has 0 bridgehead atoms. The van der Waals surface area contributed by atoms with Gasteiger partial charge in [0.2, 0.25) is 5.91 Å². The monoisotopic (exact) mass is 248 g/mol. The van der Waals surface area contributed by atoms with Gasteiger partial charge in [-0.2, -0.15) is 0 Å². The third-order valence-corrected chi connectivity index (χ3v) is 3.34. The summed E-state index contributed by atoms with van der Waals surface area (Å²) in [5, 5.41) is 15.6. The second kappa shape index (κ2) is 6.52. The average Bonchev–Trinajstić information content (AvgIpc) is 2.81. The van der Waals surface area contributed by atoms with Gasteiger partial charge >= 0.3 is 0 Å². The van der Waals surface area contributed by atoms with E-state index in [1.54, 1.807) is 0 Å². The Morgan fingerprint density at radius 2 is 2.06 bits per heavy atom. The van der Waals surface area contributed by atoms with Crippen molar-refractivity contribution < 1.29 is 9.90 Å². The van der Waals surface area contributed by atoms with Crippen LogP contribution in [0.1, 0.15) is 24.8 Å². The van der Waals surface area contributed by atoms with Crippen molar-refractivity contribution in [1.29, 1.82) is 0 Å². The Balaban J connectivity index is 1.66. The summed E-state index contributed by atoms with van der Waals surface area (Å²) >= 11 is 0. The van der Waals surface area contributed by atoms with Crippen molar-refractivity contribution in [3.05, 3.63) is 35.9 Å². The van der Waals surface area contributed by atoms with Crippen molar-refractivity contribution >= 4 is 5.91 Å². The Kier molecular flexibility index (Phi) is 4.73. The molecule has 2 unspecified atom stereocenters. The molecule has 1 saturated carbocycles. The standard InChI is InChI=1S/C14H20N2O2/c17-13-8-4-7-12(13)15-10-14(18)16-9-11-5-2-1-3-6-11/h1-3,5-6,12-13,15,17H,4,7-10H2,(H,16,18). The maximum Gasteiger partial charge on any atom is 0.234 e. The number of rotatable bonds is 5. The van der Waals surface area contributed by atoms with Gasteiger partial charge in [-0.15, -0.1) is 0 Å². The summed E-state index contributed by atoms with van der Waals surface area (Å²) in [6.45, 7) is 0.823. The van der Waals surface area contributed by atoms with Gasteiger partial charge in [-0.1, -0.05) is 30.3 Å². The maximum absolute atomic E-state index is 11.6. The SMILES string of the molecule is O=C(CNC1CCCC1O)NCc1ccccc1. The highest BCUT2D eigenvalue weighted by atomic mass is 16.3. The molecule has 0 aliphatic heterocycles. The number of aliphatic hydroxyl groups is 1. The summed E-state index contributed by atoms with van der Waals surface area (Å²) in [6, 6.07) is 9.90. The van der Waals surface area contributed by atoms with E-state index in [4.69, 9.17) is 0 Å². The number of hydrogen-bond donors (Lipinski definition) is 3. The van der Waals surface area contributed by atoms with E-state index in [1.165, 1.54) is 0 Å². The fourth-order valence-electron chi connectivity index (χ4n) is 2.26. The smallest absolute Gasteiger partial charge is 0.234 e. The van der Waals surface area contributed by atoms with Crippen LogP contribution in [-0.2, 0) is 11.3 Å². The van der Waals surface area contributed by atoms with Crippen LogP contribution in [0.15, 0.2) is 30.3 Å². The minimum absolute atomic E-state index is 0.0297. The zero-order valence-corrected chi connectivity index (χ0v) is 10.4. The van der Waals surface area contributed by atoms with Gasteiger partial charge < -0.3 is 15.7 Å². The molecule has 0 heterocycles. The third kappa shape index (κ3) is 3.82. The summed E-state index contributed by atoms with van der Waals surface area (Å²) < 4.78 is 0. The molecular formula is C14H20N2O2. The highest BCUT2D eigenvalue weighted by Crippen LogP contribution is 2.18. The zero-order valence-electron chi connectivity index (χ0n) is 10.4. The number of carbonyl (C=O) groups is 1. The number of amides is 1. The lowest BCUT2D eigenvalue weighted by atomic mass is 10.2. The van der Waals surface area contributed by atoms with Crippen LogP contribution in [0.25, 0.3) is 0 Å². The molecule has 1 aliphatic carbocycles. The maximum atomic E-state index is 11.6. The van der Waals surface area contributed by atoms with Crippen molar-refractivity contribution in [2.24, 2.45) is 0 Å². The van der Waals surface area contributed by atoms with Crippen LogP contribution >= 0.6 is 0 Å². The number of aliphatic hydroxyl groups excluding tert-OH is 1. The Hall–Kier alpha value is -1.39. The molecule has 98 valence electrons. The predicted octanol–water partition coefficient (Wildman–Crippen LogP) is 0.806. The van der Waals surface area contributed by atoms with Crippen molar-refractivity contribution in [2.75, 3.05) is 6.54 Å². The fraction of sp³-hybridized carbons (Fsp3) is 0.500. The molecule has 2 atom stereocenters. The number of nitrogens with one attached hydrogen (secondary N) is 2. The Morgan fingerprint density at radius 3 is 2.72 bits per heavy atom. The fourth-order valence-corrected chi connectivity index (χ4v) is 2.26. The number of benzene rings is 1. The van der Waals surface area contributed by atoms with E-state index in [0.29, 0.717) is 6.54 Å². The van der Waals surface area contributed by atoms with E-state index >= 15 is 0 Å². The second-order valence-electron chi connectivity index (χ2n) is 4.75. The molecule has 4 heteroatoms. The topological polar surface area (TPSA) is 61.4 Å². The van der Waals surface area contributed by atoms with E-state index in [-0.39, 0.29) is 24.6 Å². The average molecular weight is 248 g/mol. The van der Waals surface area contributed by atoms with E-state index in [0.717, 1.165) is 24.8 Å². The molecule has 18 heavy (non-hydrogen) atoms.